The molecule has 0 saturated heterocycles. The molecule has 2 rings (SSSR count). The third-order valence-electron chi connectivity index (χ3n) is 2.11. The van der Waals surface area contributed by atoms with E-state index in [2.05, 4.69) is 44.8 Å². The molecule has 2 aromatic heterocycles. The number of nitrogens with zero attached hydrogens (tertiary/aromatic N) is 1. The van der Waals surface area contributed by atoms with Crippen LogP contribution in [-0.2, 0) is 6.54 Å². The lowest BCUT2D eigenvalue weighted by molar-refractivity contribution is 0.366. The summed E-state index contributed by atoms with van der Waals surface area (Å²) in [5.41, 5.74) is 0. The van der Waals surface area contributed by atoms with Crippen molar-refractivity contribution in [3.8, 4) is 0 Å². The zero-order chi connectivity index (χ0) is 10.7. The molecule has 80 valence electrons. The summed E-state index contributed by atoms with van der Waals surface area (Å²) in [6.07, 6.45) is 1.66. The van der Waals surface area contributed by atoms with Crippen molar-refractivity contribution in [3.05, 3.63) is 38.8 Å². The Labute approximate surface area is 101 Å². The highest BCUT2D eigenvalue weighted by Gasteiger charge is 2.10. The first-order valence-corrected chi connectivity index (χ1v) is 6.30. The van der Waals surface area contributed by atoms with Gasteiger partial charge in [0.05, 0.1) is 12.7 Å². The van der Waals surface area contributed by atoms with Crippen LogP contribution in [0, 0.1) is 0 Å². The number of halogens is 1. The average Bonchev–Trinajstić information content (AvgIpc) is 2.84. The Bertz CT molecular complexity index is 413. The lowest BCUT2D eigenvalue weighted by Gasteiger charge is -2.11. The normalized spacial score (nSPS) is 12.9. The molecule has 15 heavy (non-hydrogen) atoms. The number of hydrogen-bond donors (Lipinski definition) is 1. The van der Waals surface area contributed by atoms with E-state index in [0.717, 1.165) is 10.2 Å². The Kier molecular flexibility index (Phi) is 3.56. The molecule has 5 heteroatoms. The number of aromatic nitrogens is 1. The maximum absolute atomic E-state index is 5.01. The van der Waals surface area contributed by atoms with Gasteiger partial charge in [-0.05, 0) is 34.3 Å². The topological polar surface area (TPSA) is 38.1 Å². The van der Waals surface area contributed by atoms with E-state index < -0.39 is 0 Å². The Balaban J connectivity index is 1.93. The van der Waals surface area contributed by atoms with Crippen molar-refractivity contribution in [2.24, 2.45) is 0 Å². The molecule has 0 aromatic carbocycles. The lowest BCUT2D eigenvalue weighted by atomic mass is 10.2. The summed E-state index contributed by atoms with van der Waals surface area (Å²) in [4.78, 5) is 1.30. The molecule has 0 spiro atoms. The molecule has 3 nitrogen and oxygen atoms in total. The van der Waals surface area contributed by atoms with Gasteiger partial charge >= 0.3 is 0 Å². The summed E-state index contributed by atoms with van der Waals surface area (Å²) in [5.74, 6) is 0.856. The van der Waals surface area contributed by atoms with Crippen molar-refractivity contribution in [2.45, 2.75) is 19.5 Å². The second kappa shape index (κ2) is 4.92. The minimum atomic E-state index is 0.310. The fourth-order valence-electron chi connectivity index (χ4n) is 1.29. The molecule has 0 fully saturated rings. The van der Waals surface area contributed by atoms with E-state index in [1.807, 2.05) is 6.07 Å². The van der Waals surface area contributed by atoms with Gasteiger partial charge in [-0.1, -0.05) is 5.16 Å². The molecule has 1 atom stereocenters. The Morgan fingerprint density at radius 1 is 1.60 bits per heavy atom. The van der Waals surface area contributed by atoms with Gasteiger partial charge in [-0.25, -0.2) is 0 Å². The smallest absolute Gasteiger partial charge is 0.150 e. The lowest BCUT2D eigenvalue weighted by Crippen LogP contribution is -2.17. The van der Waals surface area contributed by atoms with E-state index in [1.165, 1.54) is 4.88 Å². The van der Waals surface area contributed by atoms with Gasteiger partial charge in [0.1, 0.15) is 5.76 Å². The maximum atomic E-state index is 5.01. The van der Waals surface area contributed by atoms with Crippen LogP contribution in [0.15, 0.2) is 32.7 Å². The first-order chi connectivity index (χ1) is 7.27. The largest absolute Gasteiger partial charge is 0.360 e. The van der Waals surface area contributed by atoms with E-state index in [0.29, 0.717) is 12.6 Å². The van der Waals surface area contributed by atoms with Crippen LogP contribution >= 0.6 is 27.3 Å². The fraction of sp³-hybridized carbons (Fsp3) is 0.300. The van der Waals surface area contributed by atoms with Crippen LogP contribution in [0.25, 0.3) is 0 Å². The minimum absolute atomic E-state index is 0.310. The average molecular weight is 287 g/mol. The Morgan fingerprint density at radius 2 is 2.47 bits per heavy atom. The molecule has 1 unspecified atom stereocenters. The van der Waals surface area contributed by atoms with Crippen LogP contribution in [0.4, 0.5) is 0 Å². The maximum Gasteiger partial charge on any atom is 0.150 e. The molecule has 0 radical (unpaired) electrons. The predicted molar refractivity (Wildman–Crippen MR) is 63.8 cm³/mol. The monoisotopic (exact) mass is 286 g/mol. The molecule has 2 aromatic rings. The van der Waals surface area contributed by atoms with E-state index >= 15 is 0 Å². The van der Waals surface area contributed by atoms with Crippen molar-refractivity contribution in [1.82, 2.24) is 10.5 Å². The van der Waals surface area contributed by atoms with Crippen LogP contribution in [0.2, 0.25) is 0 Å². The molecule has 2 heterocycles. The molecule has 0 amide bonds. The van der Waals surface area contributed by atoms with E-state index in [-0.39, 0.29) is 0 Å². The summed E-state index contributed by atoms with van der Waals surface area (Å²) < 4.78 is 6.17. The van der Waals surface area contributed by atoms with Crippen LogP contribution in [0.3, 0.4) is 0 Å². The minimum Gasteiger partial charge on any atom is -0.360 e. The SMILES string of the molecule is CC(NCc1ccno1)c1sccc1Br. The zero-order valence-electron chi connectivity index (χ0n) is 8.24. The summed E-state index contributed by atoms with van der Waals surface area (Å²) in [6.45, 7) is 2.83. The van der Waals surface area contributed by atoms with Crippen LogP contribution in [0.1, 0.15) is 23.6 Å². The van der Waals surface area contributed by atoms with Crippen molar-refractivity contribution < 1.29 is 4.52 Å². The fourth-order valence-corrected chi connectivity index (χ4v) is 3.04. The van der Waals surface area contributed by atoms with Crippen LogP contribution in [0.5, 0.6) is 0 Å². The molecule has 0 aliphatic heterocycles. The third-order valence-corrected chi connectivity index (χ3v) is 4.17. The number of hydrogen-bond acceptors (Lipinski definition) is 4. The van der Waals surface area contributed by atoms with Gasteiger partial charge < -0.3 is 9.84 Å². The van der Waals surface area contributed by atoms with Gasteiger partial charge in [0.25, 0.3) is 0 Å². The molecular weight excluding hydrogens is 276 g/mol. The number of thiophene rings is 1. The van der Waals surface area contributed by atoms with E-state index in [4.69, 9.17) is 4.52 Å². The van der Waals surface area contributed by atoms with Crippen molar-refractivity contribution in [2.75, 3.05) is 0 Å². The molecule has 0 bridgehead atoms. The predicted octanol–water partition coefficient (Wildman–Crippen LogP) is 3.35. The van der Waals surface area contributed by atoms with Gasteiger partial charge in [0, 0.05) is 21.5 Å². The van der Waals surface area contributed by atoms with Crippen molar-refractivity contribution in [1.29, 1.82) is 0 Å². The standard InChI is InChI=1S/C10H11BrN2OS/c1-7(10-9(11)3-5-15-10)12-6-8-2-4-13-14-8/h2-5,7,12H,6H2,1H3. The van der Waals surface area contributed by atoms with Gasteiger partial charge in [-0.3, -0.25) is 0 Å². The second-order valence-corrected chi connectivity index (χ2v) is 5.02. The Hall–Kier alpha value is -0.650. The summed E-state index contributed by atoms with van der Waals surface area (Å²) in [7, 11) is 0. The number of rotatable bonds is 4. The van der Waals surface area contributed by atoms with Crippen molar-refractivity contribution in [3.63, 3.8) is 0 Å². The molecular formula is C10H11BrN2OS. The van der Waals surface area contributed by atoms with Gasteiger partial charge in [0.15, 0.2) is 0 Å². The number of nitrogens with one attached hydrogen (secondary N) is 1. The summed E-state index contributed by atoms with van der Waals surface area (Å²) in [5, 5.41) is 9.11. The third kappa shape index (κ3) is 2.68. The molecule has 0 aliphatic rings. The van der Waals surface area contributed by atoms with E-state index in [9.17, 15) is 0 Å². The van der Waals surface area contributed by atoms with Crippen molar-refractivity contribution >= 4 is 27.3 Å². The van der Waals surface area contributed by atoms with Gasteiger partial charge in [0.2, 0.25) is 0 Å². The first kappa shape index (κ1) is 10.9. The van der Waals surface area contributed by atoms with Gasteiger partial charge in [-0.2, -0.15) is 0 Å². The zero-order valence-corrected chi connectivity index (χ0v) is 10.6. The Morgan fingerprint density at radius 3 is 3.07 bits per heavy atom. The van der Waals surface area contributed by atoms with Crippen LogP contribution < -0.4 is 5.32 Å². The summed E-state index contributed by atoms with van der Waals surface area (Å²) in [6, 6.07) is 4.24. The highest BCUT2D eigenvalue weighted by atomic mass is 79.9. The quantitative estimate of drug-likeness (QED) is 0.937. The molecule has 1 N–H and O–H groups in total. The molecule has 0 saturated carbocycles. The highest BCUT2D eigenvalue weighted by Crippen LogP contribution is 2.28. The van der Waals surface area contributed by atoms with E-state index in [1.54, 1.807) is 17.5 Å². The van der Waals surface area contributed by atoms with Crippen LogP contribution in [-0.4, -0.2) is 5.16 Å². The molecule has 0 aliphatic carbocycles. The first-order valence-electron chi connectivity index (χ1n) is 4.63. The van der Waals surface area contributed by atoms with Gasteiger partial charge in [-0.15, -0.1) is 11.3 Å². The summed E-state index contributed by atoms with van der Waals surface area (Å²) >= 11 is 5.26. The highest BCUT2D eigenvalue weighted by molar-refractivity contribution is 9.10. The second-order valence-electron chi connectivity index (χ2n) is 3.21.